The molecular formula is C13H7BrF2OS. The van der Waals surface area contributed by atoms with Crippen LogP contribution in [0.2, 0.25) is 0 Å². The molecule has 2 aromatic carbocycles. The van der Waals surface area contributed by atoms with Crippen molar-refractivity contribution >= 4 is 34.0 Å². The maximum atomic E-state index is 13.4. The lowest BCUT2D eigenvalue weighted by Crippen LogP contribution is -1.85. The molecule has 0 heterocycles. The third kappa shape index (κ3) is 2.97. The number of hydrogen-bond acceptors (Lipinski definition) is 2. The van der Waals surface area contributed by atoms with Crippen LogP contribution in [0.3, 0.4) is 0 Å². The molecule has 0 aliphatic heterocycles. The zero-order valence-corrected chi connectivity index (χ0v) is 11.4. The first-order valence-corrected chi connectivity index (χ1v) is 6.59. The van der Waals surface area contributed by atoms with Crippen LogP contribution in [0.15, 0.2) is 50.7 Å². The fourth-order valence-electron chi connectivity index (χ4n) is 1.35. The van der Waals surface area contributed by atoms with Crippen molar-refractivity contribution in [3.8, 4) is 0 Å². The van der Waals surface area contributed by atoms with Crippen LogP contribution in [0.4, 0.5) is 8.78 Å². The number of halogens is 3. The summed E-state index contributed by atoms with van der Waals surface area (Å²) in [5, 5.41) is 0. The molecule has 2 rings (SSSR count). The molecule has 0 aromatic heterocycles. The highest BCUT2D eigenvalue weighted by molar-refractivity contribution is 9.10. The first kappa shape index (κ1) is 13.2. The van der Waals surface area contributed by atoms with Crippen molar-refractivity contribution in [2.45, 2.75) is 9.79 Å². The Morgan fingerprint density at radius 1 is 1.11 bits per heavy atom. The lowest BCUT2D eigenvalue weighted by molar-refractivity contribution is 0.112. The molecule has 0 atom stereocenters. The number of rotatable bonds is 3. The fourth-order valence-corrected chi connectivity index (χ4v) is 2.88. The Morgan fingerprint density at radius 2 is 1.89 bits per heavy atom. The Kier molecular flexibility index (Phi) is 4.14. The molecule has 0 N–H and O–H groups in total. The van der Waals surface area contributed by atoms with Gasteiger partial charge in [-0.2, -0.15) is 0 Å². The van der Waals surface area contributed by atoms with Crippen LogP contribution in [-0.4, -0.2) is 6.29 Å². The average molecular weight is 329 g/mol. The van der Waals surface area contributed by atoms with Crippen molar-refractivity contribution in [2.24, 2.45) is 0 Å². The second kappa shape index (κ2) is 5.63. The second-order valence-electron chi connectivity index (χ2n) is 3.48. The molecule has 0 saturated carbocycles. The monoisotopic (exact) mass is 328 g/mol. The Labute approximate surface area is 115 Å². The molecule has 0 bridgehead atoms. The SMILES string of the molecule is O=Cc1ccc(Sc2cc(F)ccc2F)cc1Br. The van der Waals surface area contributed by atoms with Gasteiger partial charge in [0.15, 0.2) is 6.29 Å². The van der Waals surface area contributed by atoms with Gasteiger partial charge in [0.2, 0.25) is 0 Å². The van der Waals surface area contributed by atoms with E-state index >= 15 is 0 Å². The van der Waals surface area contributed by atoms with E-state index in [-0.39, 0.29) is 4.90 Å². The van der Waals surface area contributed by atoms with E-state index in [1.54, 1.807) is 18.2 Å². The third-order valence-corrected chi connectivity index (χ3v) is 3.93. The van der Waals surface area contributed by atoms with E-state index in [1.807, 2.05) is 0 Å². The Hall–Kier alpha value is -1.20. The molecule has 0 unspecified atom stereocenters. The molecule has 0 aliphatic carbocycles. The molecule has 0 saturated heterocycles. The zero-order valence-electron chi connectivity index (χ0n) is 8.99. The number of carbonyl (C=O) groups excluding carboxylic acids is 1. The molecule has 1 nitrogen and oxygen atoms in total. The molecule has 0 amide bonds. The summed E-state index contributed by atoms with van der Waals surface area (Å²) in [5.74, 6) is -0.959. The van der Waals surface area contributed by atoms with Gasteiger partial charge in [0, 0.05) is 14.9 Å². The highest BCUT2D eigenvalue weighted by atomic mass is 79.9. The van der Waals surface area contributed by atoms with Gasteiger partial charge in [-0.05, 0) is 36.4 Å². The second-order valence-corrected chi connectivity index (χ2v) is 5.45. The quantitative estimate of drug-likeness (QED) is 0.760. The minimum Gasteiger partial charge on any atom is -0.298 e. The summed E-state index contributed by atoms with van der Waals surface area (Å²) >= 11 is 4.34. The van der Waals surface area contributed by atoms with E-state index in [2.05, 4.69) is 15.9 Å². The predicted octanol–water partition coefficient (Wildman–Crippen LogP) is 4.69. The van der Waals surface area contributed by atoms with Gasteiger partial charge in [0.1, 0.15) is 11.6 Å². The maximum absolute atomic E-state index is 13.4. The smallest absolute Gasteiger partial charge is 0.151 e. The summed E-state index contributed by atoms with van der Waals surface area (Å²) in [5.41, 5.74) is 0.513. The molecule has 0 fully saturated rings. The van der Waals surface area contributed by atoms with Crippen LogP contribution in [0.25, 0.3) is 0 Å². The van der Waals surface area contributed by atoms with Crippen molar-refractivity contribution in [3.05, 3.63) is 58.1 Å². The number of benzene rings is 2. The molecular weight excluding hydrogens is 322 g/mol. The summed E-state index contributed by atoms with van der Waals surface area (Å²) in [6, 6.07) is 8.30. The first-order valence-electron chi connectivity index (χ1n) is 4.98. The van der Waals surface area contributed by atoms with Crippen LogP contribution in [0.5, 0.6) is 0 Å². The van der Waals surface area contributed by atoms with Crippen molar-refractivity contribution in [1.82, 2.24) is 0 Å². The first-order chi connectivity index (χ1) is 8.60. The van der Waals surface area contributed by atoms with E-state index in [1.165, 1.54) is 0 Å². The molecule has 0 radical (unpaired) electrons. The summed E-state index contributed by atoms with van der Waals surface area (Å²) in [7, 11) is 0. The van der Waals surface area contributed by atoms with Gasteiger partial charge in [-0.25, -0.2) is 8.78 Å². The van der Waals surface area contributed by atoms with Gasteiger partial charge in [-0.1, -0.05) is 27.7 Å². The Morgan fingerprint density at radius 3 is 2.56 bits per heavy atom. The highest BCUT2D eigenvalue weighted by Gasteiger charge is 2.07. The Balaban J connectivity index is 2.31. The summed E-state index contributed by atoms with van der Waals surface area (Å²) in [6.45, 7) is 0. The third-order valence-electron chi connectivity index (χ3n) is 2.22. The van der Waals surface area contributed by atoms with Crippen molar-refractivity contribution < 1.29 is 13.6 Å². The predicted molar refractivity (Wildman–Crippen MR) is 70.0 cm³/mol. The normalized spacial score (nSPS) is 10.4. The van der Waals surface area contributed by atoms with E-state index in [0.717, 1.165) is 41.1 Å². The van der Waals surface area contributed by atoms with Crippen LogP contribution >= 0.6 is 27.7 Å². The summed E-state index contributed by atoms with van der Waals surface area (Å²) in [6.07, 6.45) is 0.724. The van der Waals surface area contributed by atoms with Crippen LogP contribution in [0, 0.1) is 11.6 Å². The average Bonchev–Trinajstić information content (AvgIpc) is 2.34. The summed E-state index contributed by atoms with van der Waals surface area (Å²) in [4.78, 5) is 11.6. The van der Waals surface area contributed by atoms with Crippen LogP contribution in [0.1, 0.15) is 10.4 Å². The molecule has 18 heavy (non-hydrogen) atoms. The summed E-state index contributed by atoms with van der Waals surface area (Å²) < 4.78 is 27.1. The van der Waals surface area contributed by atoms with Crippen molar-refractivity contribution in [3.63, 3.8) is 0 Å². The molecule has 5 heteroatoms. The van der Waals surface area contributed by atoms with E-state index < -0.39 is 11.6 Å². The van der Waals surface area contributed by atoms with Gasteiger partial charge >= 0.3 is 0 Å². The fraction of sp³-hybridized carbons (Fsp3) is 0. The van der Waals surface area contributed by atoms with Gasteiger partial charge in [0.25, 0.3) is 0 Å². The number of carbonyl (C=O) groups is 1. The number of hydrogen-bond donors (Lipinski definition) is 0. The molecule has 0 spiro atoms. The lowest BCUT2D eigenvalue weighted by atomic mass is 10.2. The van der Waals surface area contributed by atoms with Crippen molar-refractivity contribution in [2.75, 3.05) is 0 Å². The Bertz CT molecular complexity index is 602. The van der Waals surface area contributed by atoms with Gasteiger partial charge < -0.3 is 0 Å². The van der Waals surface area contributed by atoms with Crippen molar-refractivity contribution in [1.29, 1.82) is 0 Å². The highest BCUT2D eigenvalue weighted by Crippen LogP contribution is 2.32. The van der Waals surface area contributed by atoms with Gasteiger partial charge in [-0.3, -0.25) is 4.79 Å². The van der Waals surface area contributed by atoms with E-state index in [0.29, 0.717) is 10.0 Å². The van der Waals surface area contributed by atoms with Crippen LogP contribution < -0.4 is 0 Å². The lowest BCUT2D eigenvalue weighted by Gasteiger charge is -2.05. The minimum atomic E-state index is -0.484. The van der Waals surface area contributed by atoms with E-state index in [9.17, 15) is 13.6 Å². The zero-order chi connectivity index (χ0) is 13.1. The standard InChI is InChI=1S/C13H7BrF2OS/c14-11-6-10(3-1-8(11)7-17)18-13-5-9(15)2-4-12(13)16/h1-7H. The molecule has 0 aliphatic rings. The maximum Gasteiger partial charge on any atom is 0.151 e. The van der Waals surface area contributed by atoms with Crippen LogP contribution in [-0.2, 0) is 0 Å². The van der Waals surface area contributed by atoms with E-state index in [4.69, 9.17) is 0 Å². The number of aldehydes is 1. The van der Waals surface area contributed by atoms with Gasteiger partial charge in [-0.15, -0.1) is 0 Å². The molecule has 92 valence electrons. The minimum absolute atomic E-state index is 0.209. The topological polar surface area (TPSA) is 17.1 Å². The van der Waals surface area contributed by atoms with Gasteiger partial charge in [0.05, 0.1) is 4.90 Å². The largest absolute Gasteiger partial charge is 0.298 e. The molecule has 2 aromatic rings.